The number of aryl methyl sites for hydroxylation is 3. The molecule has 9 nitrogen and oxygen atoms in total. The molecule has 4 aromatic rings. The van der Waals surface area contributed by atoms with Crippen molar-refractivity contribution in [3.8, 4) is 5.75 Å². The number of ether oxygens (including phenoxy) is 1. The second-order valence-corrected chi connectivity index (χ2v) is 15.3. The van der Waals surface area contributed by atoms with Crippen molar-refractivity contribution in [1.82, 2.24) is 13.6 Å². The Morgan fingerprint density at radius 3 is 2.31 bits per heavy atom. The van der Waals surface area contributed by atoms with Crippen LogP contribution in [-0.4, -0.2) is 50.8 Å². The number of hydrogen-bond acceptors (Lipinski definition) is 6. The normalized spacial score (nSPS) is 16.1. The number of carbonyl (C=O) groups is 1. The summed E-state index contributed by atoms with van der Waals surface area (Å²) in [7, 11) is -8.07. The number of amides is 1. The third kappa shape index (κ3) is 7.06. The van der Waals surface area contributed by atoms with E-state index in [1.165, 1.54) is 28.6 Å². The number of piperidine rings is 1. The van der Waals surface area contributed by atoms with E-state index in [1.54, 1.807) is 10.6 Å². The topological polar surface area (TPSA) is 115 Å². The minimum atomic E-state index is -4.29. The Bertz CT molecular complexity index is 1900. The van der Waals surface area contributed by atoms with Gasteiger partial charge in [-0.2, -0.15) is 4.31 Å². The van der Waals surface area contributed by atoms with E-state index >= 15 is 0 Å². The Hall–Kier alpha value is -3.38. The molecule has 45 heavy (non-hydrogen) atoms. The largest absolute Gasteiger partial charge is 0.494 e. The van der Waals surface area contributed by atoms with E-state index in [4.69, 9.17) is 16.3 Å². The fourth-order valence-electron chi connectivity index (χ4n) is 5.90. The van der Waals surface area contributed by atoms with Gasteiger partial charge < -0.3 is 9.30 Å². The summed E-state index contributed by atoms with van der Waals surface area (Å²) in [4.78, 5) is 13.3. The van der Waals surface area contributed by atoms with E-state index in [9.17, 15) is 21.6 Å². The number of rotatable bonds is 11. The fourth-order valence-corrected chi connectivity index (χ4v) is 8.74. The van der Waals surface area contributed by atoms with Gasteiger partial charge in [0, 0.05) is 35.1 Å². The van der Waals surface area contributed by atoms with Crippen molar-refractivity contribution in [2.45, 2.75) is 75.3 Å². The van der Waals surface area contributed by atoms with Crippen molar-refractivity contribution in [3.05, 3.63) is 88.6 Å². The highest BCUT2D eigenvalue weighted by molar-refractivity contribution is 7.90. The summed E-state index contributed by atoms with van der Waals surface area (Å²) in [6.07, 6.45) is 3.85. The van der Waals surface area contributed by atoms with Gasteiger partial charge in [-0.1, -0.05) is 43.1 Å². The van der Waals surface area contributed by atoms with Crippen LogP contribution in [0.25, 0.3) is 10.9 Å². The van der Waals surface area contributed by atoms with Crippen LogP contribution in [0.5, 0.6) is 5.75 Å². The Morgan fingerprint density at radius 1 is 0.956 bits per heavy atom. The van der Waals surface area contributed by atoms with Crippen molar-refractivity contribution in [1.29, 1.82) is 0 Å². The first-order chi connectivity index (χ1) is 21.4. The van der Waals surface area contributed by atoms with E-state index < -0.39 is 26.0 Å². The van der Waals surface area contributed by atoms with Crippen LogP contribution in [0, 0.1) is 13.8 Å². The summed E-state index contributed by atoms with van der Waals surface area (Å²) in [5, 5.41) is 1.50. The van der Waals surface area contributed by atoms with Gasteiger partial charge in [0.15, 0.2) is 0 Å². The summed E-state index contributed by atoms with van der Waals surface area (Å²) in [6, 6.07) is 17.8. The molecular formula is C33H38ClN3O6S2. The Labute approximate surface area is 270 Å². The minimum Gasteiger partial charge on any atom is -0.494 e. The van der Waals surface area contributed by atoms with Gasteiger partial charge in [-0.25, -0.2) is 21.6 Å². The molecule has 2 heterocycles. The molecule has 0 aliphatic carbocycles. The lowest BCUT2D eigenvalue weighted by Crippen LogP contribution is -2.43. The smallest absolute Gasteiger partial charge is 0.281 e. The summed E-state index contributed by atoms with van der Waals surface area (Å²) in [5.74, 6) is -0.0809. The molecule has 1 aromatic heterocycles. The summed E-state index contributed by atoms with van der Waals surface area (Å²) in [5.41, 5.74) is 2.82. The van der Waals surface area contributed by atoms with Crippen LogP contribution in [0.1, 0.15) is 60.6 Å². The van der Waals surface area contributed by atoms with E-state index in [0.29, 0.717) is 43.3 Å². The SMILES string of the molecule is CCC1CCCCN1S(=O)(=O)c1ccc(S(=O)(=O)NC(=O)c2cc3ccccc3n2CCCOc2cc(C)c(Cl)c(C)c2)cc1. The first-order valence-corrected chi connectivity index (χ1v) is 18.4. The van der Waals surface area contributed by atoms with Crippen LogP contribution >= 0.6 is 11.6 Å². The van der Waals surface area contributed by atoms with Gasteiger partial charge in [-0.3, -0.25) is 4.79 Å². The maximum atomic E-state index is 13.4. The predicted octanol–water partition coefficient (Wildman–Crippen LogP) is 6.45. The average Bonchev–Trinajstić information content (AvgIpc) is 3.40. The molecule has 0 radical (unpaired) electrons. The molecule has 3 aromatic carbocycles. The number of sulfonamides is 2. The van der Waals surface area contributed by atoms with Gasteiger partial charge in [0.25, 0.3) is 15.9 Å². The van der Waals surface area contributed by atoms with Gasteiger partial charge in [-0.05, 0) is 99.2 Å². The van der Waals surface area contributed by atoms with Crippen LogP contribution in [0.3, 0.4) is 0 Å². The molecule has 1 aliphatic heterocycles. The average molecular weight is 672 g/mol. The second kappa shape index (κ2) is 13.5. The van der Waals surface area contributed by atoms with Crippen molar-refractivity contribution >= 4 is 48.5 Å². The van der Waals surface area contributed by atoms with Crippen LogP contribution in [0.2, 0.25) is 5.02 Å². The summed E-state index contributed by atoms with van der Waals surface area (Å²) >= 11 is 6.26. The number of carbonyl (C=O) groups excluding carboxylic acids is 1. The molecule has 240 valence electrons. The third-order valence-corrected chi connectivity index (χ3v) is 12.2. The number of benzene rings is 3. The number of nitrogens with zero attached hydrogens (tertiary/aromatic N) is 2. The molecule has 1 N–H and O–H groups in total. The lowest BCUT2D eigenvalue weighted by atomic mass is 10.0. The molecule has 0 saturated carbocycles. The molecule has 12 heteroatoms. The van der Waals surface area contributed by atoms with Gasteiger partial charge >= 0.3 is 0 Å². The van der Waals surface area contributed by atoms with Gasteiger partial charge in [0.1, 0.15) is 11.4 Å². The van der Waals surface area contributed by atoms with E-state index in [0.717, 1.165) is 41.3 Å². The first kappa shape index (κ1) is 33.0. The van der Waals surface area contributed by atoms with E-state index in [2.05, 4.69) is 4.72 Å². The lowest BCUT2D eigenvalue weighted by Gasteiger charge is -2.34. The number of halogens is 1. The number of aromatic nitrogens is 1. The standard InChI is InChI=1S/C33H38ClN3O6S2/c1-4-26-11-7-8-18-37(26)45(41,42)29-15-13-28(14-16-29)44(39,40)35-33(38)31-22-25-10-5-6-12-30(25)36(31)17-9-19-43-27-20-23(2)32(34)24(3)21-27/h5-6,10,12-16,20-22,26H,4,7-9,11,17-19H2,1-3H3,(H,35,38). The third-order valence-electron chi connectivity index (χ3n) is 8.26. The summed E-state index contributed by atoms with van der Waals surface area (Å²) < 4.78 is 64.6. The van der Waals surface area contributed by atoms with Crippen LogP contribution < -0.4 is 9.46 Å². The van der Waals surface area contributed by atoms with Crippen LogP contribution in [0.4, 0.5) is 0 Å². The predicted molar refractivity (Wildman–Crippen MR) is 176 cm³/mol. The molecule has 1 unspecified atom stereocenters. The zero-order chi connectivity index (χ0) is 32.4. The van der Waals surface area contributed by atoms with Crippen molar-refractivity contribution < 1.29 is 26.4 Å². The van der Waals surface area contributed by atoms with E-state index in [1.807, 2.05) is 57.2 Å². The first-order valence-electron chi connectivity index (χ1n) is 15.1. The maximum Gasteiger partial charge on any atom is 0.281 e. The highest BCUT2D eigenvalue weighted by Gasteiger charge is 2.33. The Morgan fingerprint density at radius 2 is 1.62 bits per heavy atom. The molecule has 1 saturated heterocycles. The number of fused-ring (bicyclic) bond motifs is 1. The number of hydrogen-bond donors (Lipinski definition) is 1. The van der Waals surface area contributed by atoms with Gasteiger partial charge in [0.2, 0.25) is 10.0 Å². The minimum absolute atomic E-state index is 0.0272. The number of para-hydroxylation sites is 1. The molecular weight excluding hydrogens is 634 g/mol. The van der Waals surface area contributed by atoms with Crippen molar-refractivity contribution in [2.24, 2.45) is 0 Å². The number of nitrogens with one attached hydrogen (secondary N) is 1. The molecule has 1 atom stereocenters. The molecule has 1 fully saturated rings. The fraction of sp³-hybridized carbons (Fsp3) is 0.364. The highest BCUT2D eigenvalue weighted by Crippen LogP contribution is 2.29. The highest BCUT2D eigenvalue weighted by atomic mass is 35.5. The maximum absolute atomic E-state index is 13.4. The molecule has 1 aliphatic rings. The quantitative estimate of drug-likeness (QED) is 0.183. The monoisotopic (exact) mass is 671 g/mol. The Balaban J connectivity index is 1.31. The van der Waals surface area contributed by atoms with Gasteiger partial charge in [-0.15, -0.1) is 0 Å². The Kier molecular flexibility index (Phi) is 9.93. The zero-order valence-corrected chi connectivity index (χ0v) is 28.0. The second-order valence-electron chi connectivity index (χ2n) is 11.4. The zero-order valence-electron chi connectivity index (χ0n) is 25.6. The molecule has 1 amide bonds. The van der Waals surface area contributed by atoms with Crippen LogP contribution in [-0.2, 0) is 26.6 Å². The molecule has 0 bridgehead atoms. The van der Waals surface area contributed by atoms with Crippen molar-refractivity contribution in [3.63, 3.8) is 0 Å². The summed E-state index contributed by atoms with van der Waals surface area (Å²) in [6.45, 7) is 7.02. The van der Waals surface area contributed by atoms with E-state index in [-0.39, 0.29) is 21.5 Å². The molecule has 5 rings (SSSR count). The van der Waals surface area contributed by atoms with Crippen molar-refractivity contribution in [2.75, 3.05) is 13.2 Å². The molecule has 0 spiro atoms. The van der Waals surface area contributed by atoms with Gasteiger partial charge in [0.05, 0.1) is 16.4 Å². The lowest BCUT2D eigenvalue weighted by molar-refractivity contribution is 0.0972. The van der Waals surface area contributed by atoms with Crippen LogP contribution in [0.15, 0.2) is 76.5 Å².